The molecule has 2 rings (SSSR count). The summed E-state index contributed by atoms with van der Waals surface area (Å²) in [5.74, 6) is 0. The summed E-state index contributed by atoms with van der Waals surface area (Å²) in [6.07, 6.45) is 5.57. The van der Waals surface area contributed by atoms with E-state index in [1.165, 1.54) is 25.1 Å². The van der Waals surface area contributed by atoms with Gasteiger partial charge in [0, 0.05) is 37.4 Å². The summed E-state index contributed by atoms with van der Waals surface area (Å²) in [5.41, 5.74) is 1.19. The fourth-order valence-corrected chi connectivity index (χ4v) is 2.23. The highest BCUT2D eigenvalue weighted by molar-refractivity contribution is 5.03. The van der Waals surface area contributed by atoms with Crippen LogP contribution in [0.2, 0.25) is 0 Å². The van der Waals surface area contributed by atoms with Crippen LogP contribution in [0.25, 0.3) is 0 Å². The molecule has 1 atom stereocenters. The molecule has 0 radical (unpaired) electrons. The van der Waals surface area contributed by atoms with Crippen molar-refractivity contribution in [2.24, 2.45) is 0 Å². The van der Waals surface area contributed by atoms with Gasteiger partial charge >= 0.3 is 0 Å². The molecule has 1 aromatic rings. The third-order valence-corrected chi connectivity index (χ3v) is 3.17. The van der Waals surface area contributed by atoms with Crippen molar-refractivity contribution in [3.05, 3.63) is 30.1 Å². The summed E-state index contributed by atoms with van der Waals surface area (Å²) in [7, 11) is 2.20. The SMILES string of the molecule is CN(CCc1ccccn1)CC1CCCN1. The Kier molecular flexibility index (Phi) is 4.31. The molecule has 1 aliphatic rings. The summed E-state index contributed by atoms with van der Waals surface area (Å²) < 4.78 is 0. The van der Waals surface area contributed by atoms with Crippen LogP contribution in [-0.4, -0.2) is 42.6 Å². The largest absolute Gasteiger partial charge is 0.313 e. The first kappa shape index (κ1) is 11.6. The van der Waals surface area contributed by atoms with Crippen LogP contribution in [0, 0.1) is 0 Å². The monoisotopic (exact) mass is 219 g/mol. The van der Waals surface area contributed by atoms with Crippen molar-refractivity contribution in [3.8, 4) is 0 Å². The van der Waals surface area contributed by atoms with Gasteiger partial charge in [0.25, 0.3) is 0 Å². The van der Waals surface area contributed by atoms with Gasteiger partial charge in [0.2, 0.25) is 0 Å². The minimum atomic E-state index is 0.703. The van der Waals surface area contributed by atoms with Gasteiger partial charge in [-0.25, -0.2) is 0 Å². The number of likely N-dealkylation sites (N-methyl/N-ethyl adjacent to an activating group) is 1. The standard InChI is InChI=1S/C13H21N3/c1-16(11-13-6-4-9-15-13)10-7-12-5-2-3-8-14-12/h2-3,5,8,13,15H,4,6-7,9-11H2,1H3. The molecule has 0 aromatic carbocycles. The van der Waals surface area contributed by atoms with Gasteiger partial charge in [-0.3, -0.25) is 4.98 Å². The first-order valence-corrected chi connectivity index (χ1v) is 6.16. The Balaban J connectivity index is 1.69. The van der Waals surface area contributed by atoms with Crippen LogP contribution in [0.15, 0.2) is 24.4 Å². The maximum Gasteiger partial charge on any atom is 0.0416 e. The smallest absolute Gasteiger partial charge is 0.0416 e. The number of nitrogens with one attached hydrogen (secondary N) is 1. The van der Waals surface area contributed by atoms with Crippen LogP contribution in [0.5, 0.6) is 0 Å². The van der Waals surface area contributed by atoms with Crippen LogP contribution in [0.3, 0.4) is 0 Å². The highest BCUT2D eigenvalue weighted by Gasteiger charge is 2.15. The zero-order valence-corrected chi connectivity index (χ0v) is 10.0. The molecule has 1 aliphatic heterocycles. The minimum absolute atomic E-state index is 0.703. The molecule has 1 fully saturated rings. The number of aromatic nitrogens is 1. The molecule has 0 amide bonds. The molecule has 88 valence electrons. The van der Waals surface area contributed by atoms with Gasteiger partial charge in [-0.2, -0.15) is 0 Å². The highest BCUT2D eigenvalue weighted by atomic mass is 15.1. The van der Waals surface area contributed by atoms with Gasteiger partial charge < -0.3 is 10.2 Å². The van der Waals surface area contributed by atoms with Crippen LogP contribution >= 0.6 is 0 Å². The summed E-state index contributed by atoms with van der Waals surface area (Å²) in [4.78, 5) is 6.74. The zero-order valence-electron chi connectivity index (χ0n) is 10.0. The fraction of sp³-hybridized carbons (Fsp3) is 0.615. The van der Waals surface area contributed by atoms with E-state index in [1.807, 2.05) is 12.3 Å². The molecule has 16 heavy (non-hydrogen) atoms. The molecule has 1 unspecified atom stereocenters. The molecule has 0 spiro atoms. The molecule has 3 heteroatoms. The quantitative estimate of drug-likeness (QED) is 0.809. The lowest BCUT2D eigenvalue weighted by Gasteiger charge is -2.20. The highest BCUT2D eigenvalue weighted by Crippen LogP contribution is 2.06. The van der Waals surface area contributed by atoms with Gasteiger partial charge in [0.15, 0.2) is 0 Å². The first-order chi connectivity index (χ1) is 7.84. The lowest BCUT2D eigenvalue weighted by atomic mass is 10.2. The number of rotatable bonds is 5. The van der Waals surface area contributed by atoms with Gasteiger partial charge in [-0.15, -0.1) is 0 Å². The second-order valence-electron chi connectivity index (χ2n) is 4.63. The van der Waals surface area contributed by atoms with Crippen molar-refractivity contribution in [2.75, 3.05) is 26.7 Å². The van der Waals surface area contributed by atoms with E-state index < -0.39 is 0 Å². The Labute approximate surface area is 97.9 Å². The van der Waals surface area contributed by atoms with E-state index >= 15 is 0 Å². The van der Waals surface area contributed by atoms with E-state index in [1.54, 1.807) is 0 Å². The van der Waals surface area contributed by atoms with Crippen LogP contribution < -0.4 is 5.32 Å². The van der Waals surface area contributed by atoms with Gasteiger partial charge in [0.1, 0.15) is 0 Å². The van der Waals surface area contributed by atoms with E-state index in [4.69, 9.17) is 0 Å². The maximum absolute atomic E-state index is 4.34. The number of hydrogen-bond donors (Lipinski definition) is 1. The van der Waals surface area contributed by atoms with Crippen molar-refractivity contribution >= 4 is 0 Å². The number of nitrogens with zero attached hydrogens (tertiary/aromatic N) is 2. The normalized spacial score (nSPS) is 20.5. The fourth-order valence-electron chi connectivity index (χ4n) is 2.23. The summed E-state index contributed by atoms with van der Waals surface area (Å²) in [6.45, 7) is 3.45. The van der Waals surface area contributed by atoms with Crippen molar-refractivity contribution in [1.29, 1.82) is 0 Å². The Bertz CT molecular complexity index is 293. The summed E-state index contributed by atoms with van der Waals surface area (Å²) in [5, 5.41) is 3.53. The predicted molar refractivity (Wildman–Crippen MR) is 66.5 cm³/mol. The van der Waals surface area contributed by atoms with Crippen LogP contribution in [0.1, 0.15) is 18.5 Å². The molecule has 1 N–H and O–H groups in total. The van der Waals surface area contributed by atoms with Crippen molar-refractivity contribution in [3.63, 3.8) is 0 Å². The molecule has 0 aliphatic carbocycles. The second-order valence-corrected chi connectivity index (χ2v) is 4.63. The number of pyridine rings is 1. The van der Waals surface area contributed by atoms with Crippen LogP contribution in [0.4, 0.5) is 0 Å². The zero-order chi connectivity index (χ0) is 11.2. The molecule has 2 heterocycles. The molecule has 1 aromatic heterocycles. The molecule has 0 saturated carbocycles. The summed E-state index contributed by atoms with van der Waals surface area (Å²) >= 11 is 0. The molecular weight excluding hydrogens is 198 g/mol. The van der Waals surface area contributed by atoms with E-state index in [0.29, 0.717) is 6.04 Å². The van der Waals surface area contributed by atoms with Crippen LogP contribution in [-0.2, 0) is 6.42 Å². The lowest BCUT2D eigenvalue weighted by Crippen LogP contribution is -2.36. The predicted octanol–water partition coefficient (Wildman–Crippen LogP) is 1.31. The maximum atomic E-state index is 4.34. The van der Waals surface area contributed by atoms with Crippen molar-refractivity contribution in [1.82, 2.24) is 15.2 Å². The third-order valence-electron chi connectivity index (χ3n) is 3.17. The van der Waals surface area contributed by atoms with Gasteiger partial charge in [0.05, 0.1) is 0 Å². The molecule has 0 bridgehead atoms. The van der Waals surface area contributed by atoms with Crippen molar-refractivity contribution < 1.29 is 0 Å². The Hall–Kier alpha value is -0.930. The third kappa shape index (κ3) is 3.58. The minimum Gasteiger partial charge on any atom is -0.313 e. The average Bonchev–Trinajstić information content (AvgIpc) is 2.81. The average molecular weight is 219 g/mol. The molecule has 1 saturated heterocycles. The summed E-state index contributed by atoms with van der Waals surface area (Å²) in [6, 6.07) is 6.83. The Morgan fingerprint density at radius 1 is 1.50 bits per heavy atom. The van der Waals surface area contributed by atoms with Gasteiger partial charge in [-0.05, 0) is 38.6 Å². The Morgan fingerprint density at radius 2 is 2.44 bits per heavy atom. The molecule has 3 nitrogen and oxygen atoms in total. The van der Waals surface area contributed by atoms with Gasteiger partial charge in [-0.1, -0.05) is 6.07 Å². The van der Waals surface area contributed by atoms with E-state index in [-0.39, 0.29) is 0 Å². The lowest BCUT2D eigenvalue weighted by molar-refractivity contribution is 0.303. The van der Waals surface area contributed by atoms with E-state index in [9.17, 15) is 0 Å². The van der Waals surface area contributed by atoms with Crippen molar-refractivity contribution in [2.45, 2.75) is 25.3 Å². The second kappa shape index (κ2) is 5.97. The van der Waals surface area contributed by atoms with E-state index in [2.05, 4.69) is 34.4 Å². The topological polar surface area (TPSA) is 28.2 Å². The molecular formula is C13H21N3. The van der Waals surface area contributed by atoms with E-state index in [0.717, 1.165) is 19.5 Å². The first-order valence-electron chi connectivity index (χ1n) is 6.16. The Morgan fingerprint density at radius 3 is 3.12 bits per heavy atom. The number of hydrogen-bond acceptors (Lipinski definition) is 3.